The first-order valence-corrected chi connectivity index (χ1v) is 15.8. The van der Waals surface area contributed by atoms with Crippen LogP contribution >= 0.6 is 23.1 Å². The normalized spacial score (nSPS) is 15.2. The van der Waals surface area contributed by atoms with Gasteiger partial charge in [0.25, 0.3) is 5.01 Å². The van der Waals surface area contributed by atoms with Crippen molar-refractivity contribution in [3.63, 3.8) is 0 Å². The number of thiazole rings is 1. The smallest absolute Gasteiger partial charge is 0.264 e. The van der Waals surface area contributed by atoms with E-state index < -0.39 is 31.7 Å². The van der Waals surface area contributed by atoms with Gasteiger partial charge in [0.15, 0.2) is 6.54 Å². The molecule has 2 aromatic carbocycles. The van der Waals surface area contributed by atoms with Gasteiger partial charge in [-0.1, -0.05) is 47.4 Å². The molecule has 10 nitrogen and oxygen atoms in total. The fourth-order valence-corrected chi connectivity index (χ4v) is 7.17. The van der Waals surface area contributed by atoms with Gasteiger partial charge in [-0.2, -0.15) is 4.57 Å². The lowest BCUT2D eigenvalue weighted by Gasteiger charge is -2.21. The van der Waals surface area contributed by atoms with E-state index in [0.29, 0.717) is 18.8 Å². The van der Waals surface area contributed by atoms with E-state index >= 15 is 0 Å². The maximum Gasteiger partial charge on any atom is 0.264 e. The summed E-state index contributed by atoms with van der Waals surface area (Å²) in [6.45, 7) is 0.689. The molecule has 1 aliphatic heterocycles. The van der Waals surface area contributed by atoms with Crippen LogP contribution in [0.3, 0.4) is 0 Å². The minimum Gasteiger partial charge on any atom is -0.748 e. The van der Waals surface area contributed by atoms with Gasteiger partial charge in [0.1, 0.15) is 4.70 Å². The Kier molecular flexibility index (Phi) is 9.39. The van der Waals surface area contributed by atoms with E-state index in [0.717, 1.165) is 30.8 Å². The van der Waals surface area contributed by atoms with E-state index in [9.17, 15) is 25.9 Å². The van der Waals surface area contributed by atoms with Gasteiger partial charge in [-0.25, -0.2) is 16.8 Å². The summed E-state index contributed by atoms with van der Waals surface area (Å²) in [5.41, 5.74) is 8.70. The Balaban J connectivity index is 0.00000380. The molecule has 0 bridgehead atoms. The number of hydrogen-bond donors (Lipinski definition) is 2. The van der Waals surface area contributed by atoms with Crippen LogP contribution in [0.1, 0.15) is 17.8 Å². The highest BCUT2D eigenvalue weighted by Crippen LogP contribution is 2.46. The molecule has 0 spiro atoms. The molecule has 37 heavy (non-hydrogen) atoms. The van der Waals surface area contributed by atoms with Crippen LogP contribution in [-0.4, -0.2) is 44.0 Å². The summed E-state index contributed by atoms with van der Waals surface area (Å²) >= 11 is 3.00. The first kappa shape index (κ1) is 29.1. The van der Waals surface area contributed by atoms with Crippen molar-refractivity contribution in [3.8, 4) is 0 Å². The van der Waals surface area contributed by atoms with Crippen molar-refractivity contribution in [1.29, 1.82) is 0 Å². The van der Waals surface area contributed by atoms with Crippen LogP contribution in [-0.2, 0) is 26.8 Å². The van der Waals surface area contributed by atoms with Crippen molar-refractivity contribution in [2.24, 2.45) is 5.73 Å². The van der Waals surface area contributed by atoms with Crippen LogP contribution in [0.4, 0.5) is 5.69 Å². The van der Waals surface area contributed by atoms with Crippen LogP contribution in [0.15, 0.2) is 70.2 Å². The zero-order valence-corrected chi connectivity index (χ0v) is 23.3. The van der Waals surface area contributed by atoms with E-state index in [1.807, 2.05) is 58.0 Å². The summed E-state index contributed by atoms with van der Waals surface area (Å²) in [6.07, 6.45) is 3.96. The fraction of sp³-hybridized carbons (Fsp3) is 0.261. The number of benzene rings is 2. The van der Waals surface area contributed by atoms with Gasteiger partial charge in [0.2, 0.25) is 5.52 Å². The van der Waals surface area contributed by atoms with Gasteiger partial charge in [0.05, 0.1) is 31.0 Å². The predicted octanol–water partition coefficient (Wildman–Crippen LogP) is 3.19. The van der Waals surface area contributed by atoms with E-state index in [2.05, 4.69) is 0 Å². The van der Waals surface area contributed by atoms with Crippen LogP contribution in [0.2, 0.25) is 0 Å². The lowest BCUT2D eigenvalue weighted by atomic mass is 10.2. The van der Waals surface area contributed by atoms with Gasteiger partial charge in [-0.3, -0.25) is 0 Å². The summed E-state index contributed by atoms with van der Waals surface area (Å²) in [5.74, 6) is -0.897. The van der Waals surface area contributed by atoms with Crippen molar-refractivity contribution in [2.75, 3.05) is 23.0 Å². The molecular weight excluding hydrogens is 557 g/mol. The molecule has 0 radical (unpaired) electrons. The maximum absolute atomic E-state index is 11.1. The number of quaternary nitrogens is 1. The first-order valence-electron chi connectivity index (χ1n) is 11.0. The molecule has 2 heterocycles. The van der Waals surface area contributed by atoms with Crippen molar-refractivity contribution in [2.45, 2.75) is 24.3 Å². The highest BCUT2D eigenvalue weighted by molar-refractivity contribution is 8.03. The first-order chi connectivity index (χ1) is 17.0. The summed E-state index contributed by atoms with van der Waals surface area (Å²) in [7, 11) is -8.61. The number of fused-ring (bicyclic) bond motifs is 2. The van der Waals surface area contributed by atoms with Crippen molar-refractivity contribution in [1.82, 2.24) is 6.15 Å². The number of nitrogens with two attached hydrogens (primary N) is 1. The van der Waals surface area contributed by atoms with Gasteiger partial charge in [-0.15, -0.1) is 0 Å². The van der Waals surface area contributed by atoms with E-state index in [-0.39, 0.29) is 19.0 Å². The van der Waals surface area contributed by atoms with Gasteiger partial charge in [0, 0.05) is 47.2 Å². The van der Waals surface area contributed by atoms with Crippen LogP contribution < -0.4 is 21.4 Å². The fourth-order valence-electron chi connectivity index (χ4n) is 3.91. The van der Waals surface area contributed by atoms with Crippen molar-refractivity contribution >= 4 is 65.3 Å². The number of rotatable bonds is 10. The average Bonchev–Trinajstić information content (AvgIpc) is 3.30. The third-order valence-electron chi connectivity index (χ3n) is 5.41. The predicted molar refractivity (Wildman–Crippen MR) is 146 cm³/mol. The largest absolute Gasteiger partial charge is 0.748 e. The molecule has 0 amide bonds. The molecule has 0 fully saturated rings. The number of hydrogen-bond acceptors (Lipinski definition) is 10. The van der Waals surface area contributed by atoms with E-state index in [1.165, 1.54) is 23.1 Å². The molecule has 1 aliphatic rings. The average molecular weight is 585 g/mol. The molecule has 0 atom stereocenters. The monoisotopic (exact) mass is 584 g/mol. The number of allylic oxidation sites excluding steroid dienone is 1. The summed E-state index contributed by atoms with van der Waals surface area (Å²) in [4.78, 5) is 2.95. The molecule has 0 aliphatic carbocycles. The molecule has 6 N–H and O–H groups in total. The molecule has 200 valence electrons. The molecule has 0 saturated heterocycles. The second kappa shape index (κ2) is 11.9. The molecular formula is C23H28N4O6S4. The summed E-state index contributed by atoms with van der Waals surface area (Å²) in [6, 6.07) is 15.4. The van der Waals surface area contributed by atoms with Crippen LogP contribution in [0.5, 0.6) is 0 Å². The topological polar surface area (TPSA) is 184 Å². The number of anilines is 1. The van der Waals surface area contributed by atoms with Gasteiger partial charge < -0.3 is 25.9 Å². The van der Waals surface area contributed by atoms with E-state index in [1.54, 1.807) is 12.2 Å². The minimum absolute atomic E-state index is 0. The second-order valence-electron chi connectivity index (χ2n) is 8.14. The number of aromatic nitrogens is 1. The Morgan fingerprint density at radius 2 is 1.62 bits per heavy atom. The molecule has 3 aromatic rings. The van der Waals surface area contributed by atoms with Crippen LogP contribution in [0, 0.1) is 0 Å². The van der Waals surface area contributed by atoms with Crippen molar-refractivity contribution < 1.29 is 30.5 Å². The van der Waals surface area contributed by atoms with Crippen molar-refractivity contribution in [3.05, 3.63) is 70.3 Å². The minimum atomic E-state index is -4.31. The number of thioether (sulfide) groups is 1. The lowest BCUT2D eigenvalue weighted by molar-refractivity contribution is -0.668. The Bertz CT molecular complexity index is 1550. The molecule has 0 saturated carbocycles. The van der Waals surface area contributed by atoms with Gasteiger partial charge in [-0.05, 0) is 30.7 Å². The zero-order valence-electron chi connectivity index (χ0n) is 20.1. The Morgan fingerprint density at radius 3 is 2.35 bits per heavy atom. The number of aryl methyl sites for hydroxylation is 1. The highest BCUT2D eigenvalue weighted by Gasteiger charge is 2.25. The molecule has 4 rings (SSSR count). The molecule has 0 unspecified atom stereocenters. The summed E-state index contributed by atoms with van der Waals surface area (Å²) in [5, 5.41) is 1.61. The highest BCUT2D eigenvalue weighted by atomic mass is 32.2. The lowest BCUT2D eigenvalue weighted by Crippen LogP contribution is -2.36. The maximum atomic E-state index is 11.1. The Labute approximate surface area is 224 Å². The Morgan fingerprint density at radius 1 is 0.973 bits per heavy atom. The third-order valence-corrected chi connectivity index (χ3v) is 9.21. The Hall–Kier alpha value is -2.46. The second-order valence-corrected chi connectivity index (χ2v) is 13.3. The number of para-hydroxylation sites is 2. The standard InChI is InChI=1S/C23H25N3O6S4.H3N/c24-17(15-22-25(11-5-13-35(27,28)29)18-7-1-3-9-20(18)33-22)16-23-26(12-6-14-36(30,31)32)19-8-2-4-10-21(19)34-23;/h1-4,7-10,15-16,24H,5-6,11-14H2,(H2,27,28,29,30,31,32);1H3. The van der Waals surface area contributed by atoms with Crippen LogP contribution in [0.25, 0.3) is 16.3 Å². The van der Waals surface area contributed by atoms with Gasteiger partial charge >= 0.3 is 0 Å². The zero-order chi connectivity index (χ0) is 25.9. The SMILES string of the molecule is N/C(C=C1Sc2ccccc2N1CCCS(=O)(=O)[O-])=C\c1sc2ccccc2[n+]1CCCS(=O)(=O)[O-].[NH4+]. The number of nitrogens with zero attached hydrogens (tertiary/aromatic N) is 2. The van der Waals surface area contributed by atoms with E-state index in [4.69, 9.17) is 5.73 Å². The summed E-state index contributed by atoms with van der Waals surface area (Å²) < 4.78 is 69.4. The quantitative estimate of drug-likeness (QED) is 0.267. The third kappa shape index (κ3) is 7.77. The molecule has 1 aromatic heterocycles. The molecule has 14 heteroatoms.